The van der Waals surface area contributed by atoms with E-state index in [4.69, 9.17) is 9.47 Å². The Hall–Kier alpha value is -1.52. The number of halogens is 1. The van der Waals surface area contributed by atoms with Gasteiger partial charge in [0.2, 0.25) is 0 Å². The number of fused-ring (bicyclic) bond motifs is 1. The predicted octanol–water partition coefficient (Wildman–Crippen LogP) is -2.00. The Morgan fingerprint density at radius 3 is 2.41 bits per heavy atom. The van der Waals surface area contributed by atoms with Crippen LogP contribution in [0.3, 0.4) is 0 Å². The molecule has 2 aromatic rings. The average molecular weight is 255 g/mol. The van der Waals surface area contributed by atoms with Gasteiger partial charge in [0.05, 0.1) is 19.7 Å². The maximum Gasteiger partial charge on any atom is 0.162 e. The predicted molar refractivity (Wildman–Crippen MR) is 61.4 cm³/mol. The number of benzene rings is 1. The van der Waals surface area contributed by atoms with Gasteiger partial charge in [0.1, 0.15) is 6.54 Å². The topological polar surface area (TPSA) is 59.0 Å². The van der Waals surface area contributed by atoms with Crippen LogP contribution in [0.4, 0.5) is 0 Å². The number of methoxy groups -OCH3 is 2. The van der Waals surface area contributed by atoms with Crippen LogP contribution >= 0.6 is 0 Å². The molecule has 0 atom stereocenters. The van der Waals surface area contributed by atoms with Gasteiger partial charge in [-0.2, -0.15) is 0 Å². The third-order valence-corrected chi connectivity index (χ3v) is 2.61. The molecule has 1 aromatic heterocycles. The lowest BCUT2D eigenvalue weighted by Crippen LogP contribution is -3.00. The lowest BCUT2D eigenvalue weighted by molar-refractivity contribution is -0.386. The van der Waals surface area contributed by atoms with Gasteiger partial charge in [-0.15, -0.1) is 0 Å². The van der Waals surface area contributed by atoms with E-state index in [-0.39, 0.29) is 12.4 Å². The Bertz CT molecular complexity index is 517. The van der Waals surface area contributed by atoms with Crippen molar-refractivity contribution in [2.45, 2.75) is 6.54 Å². The number of ether oxygens (including phenoxy) is 2. The first-order valence-electron chi connectivity index (χ1n) is 5.09. The summed E-state index contributed by atoms with van der Waals surface area (Å²) in [6.07, 6.45) is 1.79. The molecule has 17 heavy (non-hydrogen) atoms. The molecule has 3 N–H and O–H groups in total. The normalized spacial score (nSPS) is 9.82. The van der Waals surface area contributed by atoms with Crippen LogP contribution in [0.15, 0.2) is 24.4 Å². The van der Waals surface area contributed by atoms with Crippen LogP contribution < -0.4 is 27.6 Å². The Morgan fingerprint density at radius 1 is 1.18 bits per heavy atom. The van der Waals surface area contributed by atoms with E-state index < -0.39 is 0 Å². The number of pyridine rings is 1. The van der Waals surface area contributed by atoms with Gasteiger partial charge >= 0.3 is 0 Å². The fraction of sp³-hybridized carbons (Fsp3) is 0.250. The van der Waals surface area contributed by atoms with Gasteiger partial charge < -0.3 is 27.6 Å². The van der Waals surface area contributed by atoms with Gasteiger partial charge in [-0.3, -0.25) is 4.98 Å². The number of rotatable bonds is 3. The minimum Gasteiger partial charge on any atom is -1.00 e. The fourth-order valence-corrected chi connectivity index (χ4v) is 1.75. The van der Waals surface area contributed by atoms with E-state index >= 15 is 0 Å². The zero-order valence-corrected chi connectivity index (χ0v) is 10.6. The lowest BCUT2D eigenvalue weighted by Gasteiger charge is -2.09. The second kappa shape index (κ2) is 5.70. The van der Waals surface area contributed by atoms with Crippen molar-refractivity contribution in [2.24, 2.45) is 0 Å². The summed E-state index contributed by atoms with van der Waals surface area (Å²) in [5.74, 6) is 1.42. The maximum absolute atomic E-state index is 5.27. The van der Waals surface area contributed by atoms with Gasteiger partial charge in [0.25, 0.3) is 0 Å². The van der Waals surface area contributed by atoms with Gasteiger partial charge in [-0.05, 0) is 12.1 Å². The van der Waals surface area contributed by atoms with Crippen molar-refractivity contribution in [1.82, 2.24) is 4.98 Å². The number of hydrogen-bond acceptors (Lipinski definition) is 3. The molecule has 0 aliphatic carbocycles. The third kappa shape index (κ3) is 2.43. The highest BCUT2D eigenvalue weighted by atomic mass is 35.5. The van der Waals surface area contributed by atoms with Crippen molar-refractivity contribution in [3.8, 4) is 11.5 Å². The van der Waals surface area contributed by atoms with E-state index in [0.717, 1.165) is 28.8 Å². The Kier molecular flexibility index (Phi) is 4.54. The number of nitrogens with zero attached hydrogens (tertiary/aromatic N) is 1. The van der Waals surface area contributed by atoms with Crippen LogP contribution in [0.2, 0.25) is 0 Å². The summed E-state index contributed by atoms with van der Waals surface area (Å²) in [6, 6.07) is 5.80. The van der Waals surface area contributed by atoms with Crippen molar-refractivity contribution in [3.63, 3.8) is 0 Å². The third-order valence-electron chi connectivity index (χ3n) is 2.61. The SMILES string of the molecule is COc1cc2nccc(C[NH3+])c2cc1OC.[Cl-]. The molecule has 0 spiro atoms. The van der Waals surface area contributed by atoms with Gasteiger partial charge in [-0.1, -0.05) is 0 Å². The highest BCUT2D eigenvalue weighted by Crippen LogP contribution is 2.32. The van der Waals surface area contributed by atoms with E-state index in [0.29, 0.717) is 5.75 Å². The highest BCUT2D eigenvalue weighted by molar-refractivity contribution is 5.85. The van der Waals surface area contributed by atoms with E-state index in [9.17, 15) is 0 Å². The first-order chi connectivity index (χ1) is 7.80. The number of aromatic nitrogens is 1. The van der Waals surface area contributed by atoms with Gasteiger partial charge in [0, 0.05) is 23.2 Å². The van der Waals surface area contributed by atoms with Crippen molar-refractivity contribution in [3.05, 3.63) is 30.0 Å². The van der Waals surface area contributed by atoms with Crippen LogP contribution in [-0.4, -0.2) is 19.2 Å². The Morgan fingerprint density at radius 2 is 1.82 bits per heavy atom. The molecule has 0 amide bonds. The Labute approximate surface area is 106 Å². The molecular weight excluding hydrogens is 240 g/mol. The minimum absolute atomic E-state index is 0. The lowest BCUT2D eigenvalue weighted by atomic mass is 10.1. The zero-order valence-electron chi connectivity index (χ0n) is 9.87. The van der Waals surface area contributed by atoms with Crippen LogP contribution in [0.5, 0.6) is 11.5 Å². The van der Waals surface area contributed by atoms with Gasteiger partial charge in [0.15, 0.2) is 11.5 Å². The molecule has 5 heteroatoms. The molecule has 0 saturated carbocycles. The number of hydrogen-bond donors (Lipinski definition) is 1. The van der Waals surface area contributed by atoms with Crippen LogP contribution in [-0.2, 0) is 6.54 Å². The molecular formula is C12H15ClN2O2. The molecule has 2 rings (SSSR count). The van der Waals surface area contributed by atoms with Crippen LogP contribution in [0, 0.1) is 0 Å². The summed E-state index contributed by atoms with van der Waals surface area (Å²) in [7, 11) is 3.25. The molecule has 0 unspecified atom stereocenters. The van der Waals surface area contributed by atoms with Crippen LogP contribution in [0.25, 0.3) is 10.9 Å². The van der Waals surface area contributed by atoms with Crippen molar-refractivity contribution in [1.29, 1.82) is 0 Å². The molecule has 0 radical (unpaired) electrons. The van der Waals surface area contributed by atoms with Crippen LogP contribution in [0.1, 0.15) is 5.56 Å². The summed E-state index contributed by atoms with van der Waals surface area (Å²) in [5, 5.41) is 1.06. The largest absolute Gasteiger partial charge is 1.00 e. The first kappa shape index (κ1) is 13.5. The summed E-state index contributed by atoms with van der Waals surface area (Å²) >= 11 is 0. The smallest absolute Gasteiger partial charge is 0.162 e. The molecule has 0 aliphatic heterocycles. The monoisotopic (exact) mass is 254 g/mol. The fourth-order valence-electron chi connectivity index (χ4n) is 1.75. The second-order valence-electron chi connectivity index (χ2n) is 3.44. The molecule has 92 valence electrons. The molecule has 1 heterocycles. The summed E-state index contributed by atoms with van der Waals surface area (Å²) in [4.78, 5) is 4.31. The molecule has 0 bridgehead atoms. The highest BCUT2D eigenvalue weighted by Gasteiger charge is 2.09. The van der Waals surface area contributed by atoms with Gasteiger partial charge in [-0.25, -0.2) is 0 Å². The summed E-state index contributed by atoms with van der Waals surface area (Å²) < 4.78 is 10.5. The standard InChI is InChI=1S/C12H14N2O2.ClH/c1-15-11-5-9-8(7-13)3-4-14-10(9)6-12(11)16-2;/h3-6H,7,13H2,1-2H3;1H. The number of quaternary nitrogens is 1. The summed E-state index contributed by atoms with van der Waals surface area (Å²) in [5.41, 5.74) is 5.96. The summed E-state index contributed by atoms with van der Waals surface area (Å²) in [6.45, 7) is 0.731. The molecule has 4 nitrogen and oxygen atoms in total. The zero-order chi connectivity index (χ0) is 11.5. The van der Waals surface area contributed by atoms with Crippen molar-refractivity contribution < 1.29 is 27.6 Å². The maximum atomic E-state index is 5.27. The Balaban J connectivity index is 0.00000144. The van der Waals surface area contributed by atoms with E-state index in [1.165, 1.54) is 0 Å². The quantitative estimate of drug-likeness (QED) is 0.689. The van der Waals surface area contributed by atoms with Crippen molar-refractivity contribution >= 4 is 10.9 Å². The van der Waals surface area contributed by atoms with E-state index in [2.05, 4.69) is 10.7 Å². The molecule has 0 saturated heterocycles. The second-order valence-corrected chi connectivity index (χ2v) is 3.44. The minimum atomic E-state index is 0. The molecule has 0 aliphatic rings. The van der Waals surface area contributed by atoms with Crippen molar-refractivity contribution in [2.75, 3.05) is 14.2 Å². The first-order valence-corrected chi connectivity index (χ1v) is 5.09. The average Bonchev–Trinajstić information content (AvgIpc) is 2.36. The molecule has 1 aromatic carbocycles. The molecule has 0 fully saturated rings. The van der Waals surface area contributed by atoms with E-state index in [1.54, 1.807) is 20.4 Å². The van der Waals surface area contributed by atoms with E-state index in [1.807, 2.05) is 18.2 Å².